The van der Waals surface area contributed by atoms with E-state index in [-0.39, 0.29) is 0 Å². The first-order valence-corrected chi connectivity index (χ1v) is 8.87. The van der Waals surface area contributed by atoms with E-state index < -0.39 is 0 Å². The van der Waals surface area contributed by atoms with Gasteiger partial charge in [0.05, 0.1) is 12.8 Å². The molecule has 2 aromatic carbocycles. The molecule has 0 aliphatic carbocycles. The lowest BCUT2D eigenvalue weighted by Crippen LogP contribution is -2.10. The Morgan fingerprint density at radius 3 is 2.56 bits per heavy atom. The highest BCUT2D eigenvalue weighted by Gasteiger charge is 2.09. The van der Waals surface area contributed by atoms with E-state index in [2.05, 4.69) is 63.7 Å². The molecular weight excluding hydrogens is 338 g/mol. The van der Waals surface area contributed by atoms with Gasteiger partial charge >= 0.3 is 0 Å². The zero-order valence-electron chi connectivity index (χ0n) is 15.4. The van der Waals surface area contributed by atoms with Crippen LogP contribution in [0.2, 0.25) is 0 Å². The van der Waals surface area contributed by atoms with E-state index in [4.69, 9.17) is 4.74 Å². The van der Waals surface area contributed by atoms with Crippen molar-refractivity contribution in [1.82, 2.24) is 19.6 Å². The van der Waals surface area contributed by atoms with Gasteiger partial charge in [-0.15, -0.1) is 0 Å². The summed E-state index contributed by atoms with van der Waals surface area (Å²) in [5.41, 5.74) is 4.40. The summed E-state index contributed by atoms with van der Waals surface area (Å²) in [5, 5.41) is 7.74. The maximum absolute atomic E-state index is 5.20. The molecule has 0 fully saturated rings. The number of hydrogen-bond acceptors (Lipinski definition) is 5. The Morgan fingerprint density at radius 2 is 1.81 bits per heavy atom. The van der Waals surface area contributed by atoms with E-state index in [1.54, 1.807) is 11.6 Å². The van der Waals surface area contributed by atoms with E-state index in [0.717, 1.165) is 35.8 Å². The highest BCUT2D eigenvalue weighted by atomic mass is 16.5. The summed E-state index contributed by atoms with van der Waals surface area (Å²) in [7, 11) is 1.68. The zero-order chi connectivity index (χ0) is 18.6. The molecule has 27 heavy (non-hydrogen) atoms. The van der Waals surface area contributed by atoms with Crippen LogP contribution in [-0.2, 0) is 6.42 Å². The molecule has 0 amide bonds. The van der Waals surface area contributed by atoms with Gasteiger partial charge in [-0.25, -0.2) is 4.98 Å². The molecular formula is C21H21N5O. The van der Waals surface area contributed by atoms with Gasteiger partial charge in [0.25, 0.3) is 5.78 Å². The van der Waals surface area contributed by atoms with Crippen molar-refractivity contribution < 1.29 is 4.74 Å². The van der Waals surface area contributed by atoms with Crippen molar-refractivity contribution in [1.29, 1.82) is 0 Å². The van der Waals surface area contributed by atoms with Gasteiger partial charge in [0, 0.05) is 18.2 Å². The van der Waals surface area contributed by atoms with E-state index in [0.29, 0.717) is 5.78 Å². The Kier molecular flexibility index (Phi) is 4.70. The van der Waals surface area contributed by atoms with Gasteiger partial charge in [0.2, 0.25) is 0 Å². The molecule has 0 saturated carbocycles. The first-order chi connectivity index (χ1) is 13.2. The number of methoxy groups -OCH3 is 1. The molecule has 0 aliphatic heterocycles. The van der Waals surface area contributed by atoms with Crippen LogP contribution >= 0.6 is 0 Å². The molecule has 0 aliphatic rings. The van der Waals surface area contributed by atoms with Crippen LogP contribution in [0, 0.1) is 6.92 Å². The van der Waals surface area contributed by atoms with Gasteiger partial charge in [-0.2, -0.15) is 14.6 Å². The molecule has 0 saturated heterocycles. The van der Waals surface area contributed by atoms with E-state index in [9.17, 15) is 0 Å². The first kappa shape index (κ1) is 17.0. The molecule has 0 atom stereocenters. The number of aromatic nitrogens is 4. The second-order valence-corrected chi connectivity index (χ2v) is 6.39. The van der Waals surface area contributed by atoms with Crippen LogP contribution in [-0.4, -0.2) is 33.2 Å². The van der Waals surface area contributed by atoms with Gasteiger partial charge in [0.1, 0.15) is 17.9 Å². The second kappa shape index (κ2) is 7.45. The van der Waals surface area contributed by atoms with Gasteiger partial charge in [-0.3, -0.25) is 0 Å². The van der Waals surface area contributed by atoms with Crippen molar-refractivity contribution in [3.63, 3.8) is 0 Å². The Morgan fingerprint density at radius 1 is 1.04 bits per heavy atom. The maximum Gasteiger partial charge on any atom is 0.254 e. The number of ether oxygens (including phenoxy) is 1. The van der Waals surface area contributed by atoms with E-state index >= 15 is 0 Å². The van der Waals surface area contributed by atoms with Crippen molar-refractivity contribution in [2.24, 2.45) is 0 Å². The second-order valence-electron chi connectivity index (χ2n) is 6.39. The Labute approximate surface area is 157 Å². The topological polar surface area (TPSA) is 64.3 Å². The van der Waals surface area contributed by atoms with Crippen molar-refractivity contribution in [2.45, 2.75) is 13.3 Å². The minimum Gasteiger partial charge on any atom is -0.497 e. The number of hydrogen-bond donors (Lipinski definition) is 1. The van der Waals surface area contributed by atoms with Crippen molar-refractivity contribution in [3.8, 4) is 17.0 Å². The third-order valence-corrected chi connectivity index (χ3v) is 4.48. The first-order valence-electron chi connectivity index (χ1n) is 8.87. The van der Waals surface area contributed by atoms with Crippen LogP contribution in [0.15, 0.2) is 60.9 Å². The Balaban J connectivity index is 1.55. The average Bonchev–Trinajstić information content (AvgIpc) is 3.18. The molecule has 0 spiro atoms. The minimum absolute atomic E-state index is 0.583. The average molecular weight is 359 g/mol. The molecule has 6 heteroatoms. The highest BCUT2D eigenvalue weighted by Crippen LogP contribution is 2.22. The predicted molar refractivity (Wildman–Crippen MR) is 106 cm³/mol. The molecule has 0 unspecified atom stereocenters. The summed E-state index contributed by atoms with van der Waals surface area (Å²) in [5.74, 6) is 2.33. The molecule has 1 N–H and O–H groups in total. The predicted octanol–water partition coefficient (Wildman–Crippen LogP) is 3.76. The number of aryl methyl sites for hydroxylation is 1. The van der Waals surface area contributed by atoms with Crippen molar-refractivity contribution in [2.75, 3.05) is 19.0 Å². The number of anilines is 1. The van der Waals surface area contributed by atoms with Gasteiger partial charge in [-0.1, -0.05) is 42.0 Å². The third kappa shape index (κ3) is 3.74. The van der Waals surface area contributed by atoms with Crippen LogP contribution in [0.4, 0.5) is 5.82 Å². The van der Waals surface area contributed by atoms with Crippen LogP contribution in [0.3, 0.4) is 0 Å². The van der Waals surface area contributed by atoms with E-state index in [1.165, 1.54) is 17.5 Å². The SMILES string of the molecule is COc1ccc(CCNc2cc(-c3ccc(C)cc3)nc3ncnn23)cc1. The summed E-state index contributed by atoms with van der Waals surface area (Å²) >= 11 is 0. The molecule has 6 nitrogen and oxygen atoms in total. The molecule has 2 heterocycles. The number of fused-ring (bicyclic) bond motifs is 1. The van der Waals surface area contributed by atoms with Gasteiger partial charge in [-0.05, 0) is 31.0 Å². The largest absolute Gasteiger partial charge is 0.497 e. The third-order valence-electron chi connectivity index (χ3n) is 4.48. The quantitative estimate of drug-likeness (QED) is 0.568. The minimum atomic E-state index is 0.583. The molecule has 2 aromatic heterocycles. The lowest BCUT2D eigenvalue weighted by atomic mass is 10.1. The van der Waals surface area contributed by atoms with Crippen LogP contribution in [0.25, 0.3) is 17.0 Å². The summed E-state index contributed by atoms with van der Waals surface area (Å²) in [4.78, 5) is 8.87. The fourth-order valence-electron chi connectivity index (χ4n) is 2.94. The standard InChI is InChI=1S/C21H21N5O/c1-15-3-7-17(8-4-15)19-13-20(26-21(25-19)23-14-24-26)22-12-11-16-5-9-18(27-2)10-6-16/h3-10,13-14,22H,11-12H2,1-2H3. The van der Waals surface area contributed by atoms with Crippen LogP contribution in [0.1, 0.15) is 11.1 Å². The molecule has 4 rings (SSSR count). The molecule has 0 radical (unpaired) electrons. The fraction of sp³-hybridized carbons (Fsp3) is 0.190. The number of nitrogens with zero attached hydrogens (tertiary/aromatic N) is 4. The van der Waals surface area contributed by atoms with E-state index in [1.807, 2.05) is 18.2 Å². The molecule has 136 valence electrons. The normalized spacial score (nSPS) is 10.9. The smallest absolute Gasteiger partial charge is 0.254 e. The van der Waals surface area contributed by atoms with Crippen LogP contribution in [0.5, 0.6) is 5.75 Å². The van der Waals surface area contributed by atoms with Gasteiger partial charge in [0.15, 0.2) is 0 Å². The zero-order valence-corrected chi connectivity index (χ0v) is 15.4. The number of nitrogens with one attached hydrogen (secondary N) is 1. The maximum atomic E-state index is 5.20. The van der Waals surface area contributed by atoms with Gasteiger partial charge < -0.3 is 10.1 Å². The van der Waals surface area contributed by atoms with Crippen LogP contribution < -0.4 is 10.1 Å². The summed E-state index contributed by atoms with van der Waals surface area (Å²) < 4.78 is 6.93. The fourth-order valence-corrected chi connectivity index (χ4v) is 2.94. The molecule has 4 aromatic rings. The lowest BCUT2D eigenvalue weighted by molar-refractivity contribution is 0.414. The summed E-state index contributed by atoms with van der Waals surface area (Å²) in [6, 6.07) is 18.5. The summed E-state index contributed by atoms with van der Waals surface area (Å²) in [6.07, 6.45) is 2.41. The summed E-state index contributed by atoms with van der Waals surface area (Å²) in [6.45, 7) is 2.85. The lowest BCUT2D eigenvalue weighted by Gasteiger charge is -2.10. The number of rotatable bonds is 6. The van der Waals surface area contributed by atoms with Crippen molar-refractivity contribution in [3.05, 3.63) is 72.1 Å². The monoisotopic (exact) mass is 359 g/mol. The Hall–Kier alpha value is -3.41. The highest BCUT2D eigenvalue weighted by molar-refractivity contribution is 5.65. The number of benzene rings is 2. The van der Waals surface area contributed by atoms with Crippen molar-refractivity contribution >= 4 is 11.6 Å². The Bertz CT molecular complexity index is 1040. The molecule has 0 bridgehead atoms.